The summed E-state index contributed by atoms with van der Waals surface area (Å²) in [4.78, 5) is 17.6. The highest BCUT2D eigenvalue weighted by Gasteiger charge is 2.37. The first kappa shape index (κ1) is 17.4. The van der Waals surface area contributed by atoms with Crippen LogP contribution in [0.5, 0.6) is 0 Å². The molecule has 1 aromatic rings. The number of carbonyl (C=O) groups is 1. The van der Waals surface area contributed by atoms with Gasteiger partial charge in [0.1, 0.15) is 0 Å². The van der Waals surface area contributed by atoms with Crippen molar-refractivity contribution in [2.24, 2.45) is 0 Å². The Kier molecular flexibility index (Phi) is 4.97. The largest absolute Gasteiger partial charge is 0.336 e. The Bertz CT molecular complexity index is 687. The minimum atomic E-state index is -3.19. The topological polar surface area (TPSA) is 57.7 Å². The van der Waals surface area contributed by atoms with E-state index in [4.69, 9.17) is 0 Å². The maximum absolute atomic E-state index is 12.9. The molecule has 1 amide bonds. The summed E-state index contributed by atoms with van der Waals surface area (Å²) in [6, 6.07) is 7.48. The lowest BCUT2D eigenvalue weighted by Gasteiger charge is -2.37. The SMILES string of the molecule is CN1CCC(N(C(=O)Cc2ccc(S(C)(=O)=O)cc2)C2CC2)CC1. The molecule has 0 unspecified atom stereocenters. The van der Waals surface area contributed by atoms with Crippen LogP contribution in [-0.2, 0) is 21.1 Å². The number of sulfone groups is 1. The summed E-state index contributed by atoms with van der Waals surface area (Å²) < 4.78 is 23.1. The van der Waals surface area contributed by atoms with Crippen LogP contribution in [0.1, 0.15) is 31.2 Å². The van der Waals surface area contributed by atoms with Gasteiger partial charge in [0.2, 0.25) is 5.91 Å². The van der Waals surface area contributed by atoms with Gasteiger partial charge in [0.05, 0.1) is 11.3 Å². The Morgan fingerprint density at radius 2 is 1.62 bits per heavy atom. The monoisotopic (exact) mass is 350 g/mol. The molecule has 132 valence electrons. The molecule has 0 bridgehead atoms. The number of hydrogen-bond donors (Lipinski definition) is 0. The van der Waals surface area contributed by atoms with Crippen LogP contribution < -0.4 is 0 Å². The predicted octanol–water partition coefficient (Wildman–Crippen LogP) is 1.72. The predicted molar refractivity (Wildman–Crippen MR) is 93.6 cm³/mol. The molecule has 0 N–H and O–H groups in total. The van der Waals surface area contributed by atoms with Crippen molar-refractivity contribution in [1.82, 2.24) is 9.80 Å². The number of benzene rings is 1. The summed E-state index contributed by atoms with van der Waals surface area (Å²) in [6.45, 7) is 2.09. The number of nitrogens with zero attached hydrogens (tertiary/aromatic N) is 2. The average Bonchev–Trinajstić information content (AvgIpc) is 3.34. The third-order valence-electron chi connectivity index (χ3n) is 5.02. The zero-order chi connectivity index (χ0) is 17.3. The molecule has 3 rings (SSSR count). The molecule has 2 fully saturated rings. The van der Waals surface area contributed by atoms with Gasteiger partial charge < -0.3 is 9.80 Å². The van der Waals surface area contributed by atoms with Crippen molar-refractivity contribution in [3.8, 4) is 0 Å². The fraction of sp³-hybridized carbons (Fsp3) is 0.611. The summed E-state index contributed by atoms with van der Waals surface area (Å²) in [6.07, 6.45) is 5.88. The number of carbonyl (C=O) groups excluding carboxylic acids is 1. The highest BCUT2D eigenvalue weighted by Crippen LogP contribution is 2.32. The van der Waals surface area contributed by atoms with Crippen LogP contribution in [0, 0.1) is 0 Å². The number of piperidine rings is 1. The van der Waals surface area contributed by atoms with Crippen molar-refractivity contribution >= 4 is 15.7 Å². The summed E-state index contributed by atoms with van der Waals surface area (Å²) in [5, 5.41) is 0. The van der Waals surface area contributed by atoms with Gasteiger partial charge in [-0.1, -0.05) is 12.1 Å². The molecule has 24 heavy (non-hydrogen) atoms. The summed E-state index contributed by atoms with van der Waals surface area (Å²) in [7, 11) is -1.06. The van der Waals surface area contributed by atoms with Crippen LogP contribution >= 0.6 is 0 Å². The van der Waals surface area contributed by atoms with Crippen molar-refractivity contribution in [2.45, 2.75) is 49.1 Å². The standard InChI is InChI=1S/C18H26N2O3S/c1-19-11-9-16(10-12-19)20(15-5-6-15)18(21)13-14-3-7-17(8-4-14)24(2,22)23/h3-4,7-8,15-16H,5-6,9-13H2,1-2H3. The second-order valence-corrected chi connectivity index (χ2v) is 9.18. The third kappa shape index (κ3) is 4.16. The molecule has 0 aromatic heterocycles. The van der Waals surface area contributed by atoms with Crippen LogP contribution in [0.2, 0.25) is 0 Å². The van der Waals surface area contributed by atoms with Gasteiger partial charge in [-0.25, -0.2) is 8.42 Å². The van der Waals surface area contributed by atoms with Gasteiger partial charge in [-0.3, -0.25) is 4.79 Å². The minimum Gasteiger partial charge on any atom is -0.336 e. The van der Waals surface area contributed by atoms with Crippen LogP contribution in [0.4, 0.5) is 0 Å². The van der Waals surface area contributed by atoms with E-state index in [1.807, 2.05) is 0 Å². The molecule has 0 spiro atoms. The molecule has 1 aliphatic heterocycles. The van der Waals surface area contributed by atoms with Gasteiger partial charge in [-0.15, -0.1) is 0 Å². The van der Waals surface area contributed by atoms with Gasteiger partial charge in [0.25, 0.3) is 0 Å². The van der Waals surface area contributed by atoms with E-state index >= 15 is 0 Å². The van der Waals surface area contributed by atoms with Gasteiger partial charge in [-0.05, 0) is 63.5 Å². The number of likely N-dealkylation sites (tertiary alicyclic amines) is 1. The Morgan fingerprint density at radius 1 is 1.08 bits per heavy atom. The van der Waals surface area contributed by atoms with Gasteiger partial charge in [0, 0.05) is 18.3 Å². The van der Waals surface area contributed by atoms with Crippen molar-refractivity contribution in [1.29, 1.82) is 0 Å². The van der Waals surface area contributed by atoms with Crippen molar-refractivity contribution in [2.75, 3.05) is 26.4 Å². The first-order valence-electron chi connectivity index (χ1n) is 8.63. The molecule has 1 aromatic carbocycles. The molecule has 1 saturated heterocycles. The number of hydrogen-bond acceptors (Lipinski definition) is 4. The van der Waals surface area contributed by atoms with Gasteiger partial charge >= 0.3 is 0 Å². The van der Waals surface area contributed by atoms with E-state index in [1.165, 1.54) is 6.26 Å². The summed E-state index contributed by atoms with van der Waals surface area (Å²) in [5.41, 5.74) is 0.881. The van der Waals surface area contributed by atoms with E-state index in [2.05, 4.69) is 16.8 Å². The molecule has 1 saturated carbocycles. The van der Waals surface area contributed by atoms with E-state index < -0.39 is 9.84 Å². The molecule has 1 heterocycles. The third-order valence-corrected chi connectivity index (χ3v) is 6.15. The minimum absolute atomic E-state index is 0.180. The fourth-order valence-corrected chi connectivity index (χ4v) is 4.08. The van der Waals surface area contributed by atoms with Crippen LogP contribution in [-0.4, -0.2) is 62.6 Å². The number of rotatable bonds is 5. The first-order chi connectivity index (χ1) is 11.3. The molecular formula is C18H26N2O3S. The van der Waals surface area contributed by atoms with Crippen LogP contribution in [0.3, 0.4) is 0 Å². The van der Waals surface area contributed by atoms with E-state index in [0.717, 1.165) is 44.3 Å². The summed E-state index contributed by atoms with van der Waals surface area (Å²) >= 11 is 0. The average molecular weight is 350 g/mol. The molecular weight excluding hydrogens is 324 g/mol. The van der Waals surface area contributed by atoms with E-state index in [1.54, 1.807) is 24.3 Å². The summed E-state index contributed by atoms with van der Waals surface area (Å²) in [5.74, 6) is 0.180. The van der Waals surface area contributed by atoms with E-state index in [-0.39, 0.29) is 5.91 Å². The zero-order valence-electron chi connectivity index (χ0n) is 14.4. The second-order valence-electron chi connectivity index (χ2n) is 7.16. The van der Waals surface area contributed by atoms with E-state index in [9.17, 15) is 13.2 Å². The number of amides is 1. The van der Waals surface area contributed by atoms with Gasteiger partial charge in [0.15, 0.2) is 9.84 Å². The Morgan fingerprint density at radius 3 is 2.12 bits per heavy atom. The molecule has 5 nitrogen and oxygen atoms in total. The lowest BCUT2D eigenvalue weighted by atomic mass is 10.0. The van der Waals surface area contributed by atoms with Crippen molar-refractivity contribution in [3.05, 3.63) is 29.8 Å². The fourth-order valence-electron chi connectivity index (χ4n) is 3.45. The van der Waals surface area contributed by atoms with Crippen LogP contribution in [0.25, 0.3) is 0 Å². The lowest BCUT2D eigenvalue weighted by molar-refractivity contribution is -0.134. The lowest BCUT2D eigenvalue weighted by Crippen LogP contribution is -2.48. The highest BCUT2D eigenvalue weighted by atomic mass is 32.2. The van der Waals surface area contributed by atoms with Crippen molar-refractivity contribution < 1.29 is 13.2 Å². The maximum atomic E-state index is 12.9. The van der Waals surface area contributed by atoms with Gasteiger partial charge in [-0.2, -0.15) is 0 Å². The first-order valence-corrected chi connectivity index (χ1v) is 10.5. The van der Waals surface area contributed by atoms with Crippen molar-refractivity contribution in [3.63, 3.8) is 0 Å². The molecule has 1 aliphatic carbocycles. The molecule has 6 heteroatoms. The highest BCUT2D eigenvalue weighted by molar-refractivity contribution is 7.90. The Hall–Kier alpha value is -1.40. The maximum Gasteiger partial charge on any atom is 0.227 e. The molecule has 0 atom stereocenters. The quantitative estimate of drug-likeness (QED) is 0.811. The Labute approximate surface area is 144 Å². The molecule has 2 aliphatic rings. The van der Waals surface area contributed by atoms with Crippen LogP contribution in [0.15, 0.2) is 29.2 Å². The second kappa shape index (κ2) is 6.84. The zero-order valence-corrected chi connectivity index (χ0v) is 15.3. The Balaban J connectivity index is 1.67. The molecule has 0 radical (unpaired) electrons. The van der Waals surface area contributed by atoms with E-state index in [0.29, 0.717) is 23.4 Å². The normalized spacial score (nSPS) is 20.1. The smallest absolute Gasteiger partial charge is 0.227 e.